The number of ether oxygens (including phenoxy) is 1. The number of ketones is 1. The van der Waals surface area contributed by atoms with Crippen molar-refractivity contribution in [1.29, 1.82) is 0 Å². The molecule has 6 nitrogen and oxygen atoms in total. The fourth-order valence-electron chi connectivity index (χ4n) is 3.72. The molecule has 0 radical (unpaired) electrons. The van der Waals surface area contributed by atoms with E-state index in [-0.39, 0.29) is 11.3 Å². The number of halogens is 1. The fourth-order valence-corrected chi connectivity index (χ4v) is 3.89. The van der Waals surface area contributed by atoms with Crippen LogP contribution in [0.1, 0.15) is 22.7 Å². The van der Waals surface area contributed by atoms with Gasteiger partial charge in [0.25, 0.3) is 11.7 Å². The van der Waals surface area contributed by atoms with Crippen LogP contribution in [0.25, 0.3) is 5.76 Å². The van der Waals surface area contributed by atoms with Crippen molar-refractivity contribution in [3.05, 3.63) is 94.3 Å². The Morgan fingerprint density at radius 2 is 1.90 bits per heavy atom. The molecule has 1 atom stereocenters. The average molecular weight is 435 g/mol. The van der Waals surface area contributed by atoms with E-state index in [9.17, 15) is 14.7 Å². The van der Waals surface area contributed by atoms with E-state index in [4.69, 9.17) is 16.3 Å². The summed E-state index contributed by atoms with van der Waals surface area (Å²) in [5.74, 6) is -1.30. The standard InChI is InChI=1S/C24H19ClN2O4/c1-14-18(25)9-4-10-19(14)27-21(16-7-5-11-26-13-16)20(23(29)24(27)30)22(28)15-6-3-8-17(12-15)31-2/h3-13,21,28H,1-2H3/b22-20+. The predicted octanol–water partition coefficient (Wildman–Crippen LogP) is 4.68. The van der Waals surface area contributed by atoms with E-state index in [1.807, 2.05) is 0 Å². The van der Waals surface area contributed by atoms with Crippen LogP contribution in [-0.4, -0.2) is 28.9 Å². The molecule has 0 aliphatic carbocycles. The van der Waals surface area contributed by atoms with Gasteiger partial charge in [0, 0.05) is 28.7 Å². The number of aromatic nitrogens is 1. The fraction of sp³-hybridized carbons (Fsp3) is 0.125. The third kappa shape index (κ3) is 3.55. The lowest BCUT2D eigenvalue weighted by Gasteiger charge is -2.26. The van der Waals surface area contributed by atoms with Crippen molar-refractivity contribution in [3.8, 4) is 5.75 Å². The molecule has 2 aromatic carbocycles. The summed E-state index contributed by atoms with van der Waals surface area (Å²) in [4.78, 5) is 31.8. The SMILES string of the molecule is COc1cccc(/C(O)=C2\C(=O)C(=O)N(c3cccc(Cl)c3C)C2c2cccnc2)c1. The number of anilines is 1. The molecule has 1 aliphatic rings. The number of rotatable bonds is 4. The first-order valence-electron chi connectivity index (χ1n) is 9.54. The highest BCUT2D eigenvalue weighted by molar-refractivity contribution is 6.52. The average Bonchev–Trinajstić information content (AvgIpc) is 3.06. The third-order valence-corrected chi connectivity index (χ3v) is 5.70. The molecule has 2 heterocycles. The van der Waals surface area contributed by atoms with Gasteiger partial charge < -0.3 is 9.84 Å². The van der Waals surface area contributed by atoms with Gasteiger partial charge in [0.05, 0.1) is 18.7 Å². The lowest BCUT2D eigenvalue weighted by Crippen LogP contribution is -2.30. The lowest BCUT2D eigenvalue weighted by atomic mass is 9.96. The van der Waals surface area contributed by atoms with Crippen LogP contribution in [0.15, 0.2) is 72.6 Å². The molecule has 1 aromatic heterocycles. The minimum Gasteiger partial charge on any atom is -0.507 e. The number of carbonyl (C=O) groups is 2. The first-order chi connectivity index (χ1) is 14.9. The van der Waals surface area contributed by atoms with E-state index in [2.05, 4.69) is 4.98 Å². The lowest BCUT2D eigenvalue weighted by molar-refractivity contribution is -0.132. The first-order valence-corrected chi connectivity index (χ1v) is 9.92. The van der Waals surface area contributed by atoms with Crippen LogP contribution in [0.2, 0.25) is 5.02 Å². The summed E-state index contributed by atoms with van der Waals surface area (Å²) < 4.78 is 5.23. The number of nitrogens with zero attached hydrogens (tertiary/aromatic N) is 2. The van der Waals surface area contributed by atoms with Gasteiger partial charge in [-0.3, -0.25) is 19.5 Å². The monoisotopic (exact) mass is 434 g/mol. The smallest absolute Gasteiger partial charge is 0.300 e. The van der Waals surface area contributed by atoms with Gasteiger partial charge in [-0.2, -0.15) is 0 Å². The van der Waals surface area contributed by atoms with Crippen molar-refractivity contribution in [1.82, 2.24) is 4.98 Å². The number of amides is 1. The minimum atomic E-state index is -0.864. The van der Waals surface area contributed by atoms with Crippen molar-refractivity contribution in [3.63, 3.8) is 0 Å². The van der Waals surface area contributed by atoms with Crippen LogP contribution in [0.5, 0.6) is 5.75 Å². The van der Waals surface area contributed by atoms with Crippen molar-refractivity contribution >= 4 is 34.7 Å². The summed E-state index contributed by atoms with van der Waals surface area (Å²) >= 11 is 6.29. The highest BCUT2D eigenvalue weighted by atomic mass is 35.5. The van der Waals surface area contributed by atoms with Crippen molar-refractivity contribution in [2.75, 3.05) is 12.0 Å². The van der Waals surface area contributed by atoms with Crippen LogP contribution < -0.4 is 9.64 Å². The molecule has 1 saturated heterocycles. The van der Waals surface area contributed by atoms with Gasteiger partial charge in [0.1, 0.15) is 11.5 Å². The largest absolute Gasteiger partial charge is 0.507 e. The molecule has 1 N–H and O–H groups in total. The number of benzene rings is 2. The number of hydrogen-bond donors (Lipinski definition) is 1. The van der Waals surface area contributed by atoms with Gasteiger partial charge in [0.2, 0.25) is 0 Å². The number of aliphatic hydroxyl groups excluding tert-OH is 1. The second-order valence-corrected chi connectivity index (χ2v) is 7.48. The molecule has 31 heavy (non-hydrogen) atoms. The summed E-state index contributed by atoms with van der Waals surface area (Å²) in [6.45, 7) is 1.78. The Bertz CT molecular complexity index is 1210. The molecule has 0 spiro atoms. The van der Waals surface area contributed by atoms with Crippen LogP contribution in [-0.2, 0) is 9.59 Å². The van der Waals surface area contributed by atoms with Crippen LogP contribution in [0, 0.1) is 6.92 Å². The molecule has 0 saturated carbocycles. The van der Waals surface area contributed by atoms with Crippen molar-refractivity contribution < 1.29 is 19.4 Å². The summed E-state index contributed by atoms with van der Waals surface area (Å²) in [6.07, 6.45) is 3.17. The van der Waals surface area contributed by atoms with Gasteiger partial charge in [-0.15, -0.1) is 0 Å². The van der Waals surface area contributed by atoms with Gasteiger partial charge >= 0.3 is 0 Å². The van der Waals surface area contributed by atoms with E-state index < -0.39 is 17.7 Å². The molecule has 1 fully saturated rings. The number of methoxy groups -OCH3 is 1. The molecule has 3 aromatic rings. The number of aliphatic hydroxyl groups is 1. The number of hydrogen-bond acceptors (Lipinski definition) is 5. The van der Waals surface area contributed by atoms with Crippen molar-refractivity contribution in [2.24, 2.45) is 0 Å². The Morgan fingerprint density at radius 1 is 1.13 bits per heavy atom. The summed E-state index contributed by atoms with van der Waals surface area (Å²) in [7, 11) is 1.51. The highest BCUT2D eigenvalue weighted by Gasteiger charge is 2.47. The molecule has 7 heteroatoms. The van der Waals surface area contributed by atoms with Crippen LogP contribution in [0.3, 0.4) is 0 Å². The van der Waals surface area contributed by atoms with E-state index >= 15 is 0 Å². The molecule has 1 amide bonds. The Hall–Kier alpha value is -3.64. The molecule has 1 aliphatic heterocycles. The maximum absolute atomic E-state index is 13.2. The second-order valence-electron chi connectivity index (χ2n) is 7.07. The third-order valence-electron chi connectivity index (χ3n) is 5.29. The maximum Gasteiger partial charge on any atom is 0.300 e. The normalized spacial score (nSPS) is 17.8. The van der Waals surface area contributed by atoms with Crippen LogP contribution >= 0.6 is 11.6 Å². The Labute approximate surface area is 184 Å². The van der Waals surface area contributed by atoms with Gasteiger partial charge in [-0.25, -0.2) is 0 Å². The molecule has 0 bridgehead atoms. The summed E-state index contributed by atoms with van der Waals surface area (Å²) in [5.41, 5.74) is 2.08. The second kappa shape index (κ2) is 8.24. The summed E-state index contributed by atoms with van der Waals surface area (Å²) in [5, 5.41) is 11.6. The predicted molar refractivity (Wildman–Crippen MR) is 118 cm³/mol. The van der Waals surface area contributed by atoms with Gasteiger partial charge in [-0.1, -0.05) is 35.9 Å². The minimum absolute atomic E-state index is 0.0226. The van der Waals surface area contributed by atoms with E-state index in [1.165, 1.54) is 12.0 Å². The Morgan fingerprint density at radius 3 is 2.61 bits per heavy atom. The molecule has 156 valence electrons. The zero-order valence-corrected chi connectivity index (χ0v) is 17.6. The van der Waals surface area contributed by atoms with E-state index in [0.29, 0.717) is 33.1 Å². The summed E-state index contributed by atoms with van der Waals surface area (Å²) in [6, 6.07) is 14.4. The first kappa shape index (κ1) is 20.6. The quantitative estimate of drug-likeness (QED) is 0.366. The topological polar surface area (TPSA) is 79.7 Å². The Balaban J connectivity index is 1.97. The molecular weight excluding hydrogens is 416 g/mol. The maximum atomic E-state index is 13.2. The number of pyridine rings is 1. The zero-order valence-electron chi connectivity index (χ0n) is 16.9. The Kier molecular flexibility index (Phi) is 5.48. The van der Waals surface area contributed by atoms with Crippen LogP contribution in [0.4, 0.5) is 5.69 Å². The highest BCUT2D eigenvalue weighted by Crippen LogP contribution is 2.43. The van der Waals surface area contributed by atoms with Crippen molar-refractivity contribution in [2.45, 2.75) is 13.0 Å². The van der Waals surface area contributed by atoms with Gasteiger partial charge in [-0.05, 0) is 48.4 Å². The zero-order chi connectivity index (χ0) is 22.1. The number of Topliss-reactive ketones (excluding diaryl/α,β-unsaturated/α-hetero) is 1. The molecule has 4 rings (SSSR count). The molecular formula is C24H19ClN2O4. The van der Waals surface area contributed by atoms with Gasteiger partial charge in [0.15, 0.2) is 0 Å². The number of carbonyl (C=O) groups excluding carboxylic acids is 2. The van der Waals surface area contributed by atoms with E-state index in [0.717, 1.165) is 0 Å². The van der Waals surface area contributed by atoms with E-state index in [1.54, 1.807) is 73.9 Å². The molecule has 1 unspecified atom stereocenters.